The van der Waals surface area contributed by atoms with Crippen molar-refractivity contribution in [1.82, 2.24) is 5.32 Å². The Hall–Kier alpha value is -2.21. The van der Waals surface area contributed by atoms with Gasteiger partial charge in [-0.15, -0.1) is 0 Å². The van der Waals surface area contributed by atoms with Crippen LogP contribution in [-0.4, -0.2) is 25.8 Å². The zero-order valence-electron chi connectivity index (χ0n) is 15.4. The number of benzene rings is 1. The molecule has 1 unspecified atom stereocenters. The highest BCUT2D eigenvalue weighted by Gasteiger charge is 2.43. The van der Waals surface area contributed by atoms with Crippen molar-refractivity contribution in [3.8, 4) is 11.5 Å². The van der Waals surface area contributed by atoms with Gasteiger partial charge in [-0.2, -0.15) is 0 Å². The highest BCUT2D eigenvalue weighted by Crippen LogP contribution is 2.39. The minimum absolute atomic E-state index is 0.352. The third kappa shape index (κ3) is 3.44. The predicted molar refractivity (Wildman–Crippen MR) is 99.8 cm³/mol. The van der Waals surface area contributed by atoms with Crippen LogP contribution in [0.15, 0.2) is 28.9 Å². The molecule has 1 fully saturated rings. The van der Waals surface area contributed by atoms with Crippen molar-refractivity contribution < 1.29 is 9.47 Å². The molecule has 1 saturated carbocycles. The largest absolute Gasteiger partial charge is 0.493 e. The van der Waals surface area contributed by atoms with E-state index in [1.165, 1.54) is 5.56 Å². The van der Waals surface area contributed by atoms with Gasteiger partial charge in [0.1, 0.15) is 5.84 Å². The molecule has 3 rings (SSSR count). The molecule has 1 aliphatic heterocycles. The van der Waals surface area contributed by atoms with Gasteiger partial charge in [0.15, 0.2) is 17.3 Å². The quantitative estimate of drug-likeness (QED) is 0.736. The fourth-order valence-electron chi connectivity index (χ4n) is 3.29. The Labute approximate surface area is 149 Å². The van der Waals surface area contributed by atoms with Gasteiger partial charge in [-0.1, -0.05) is 13.8 Å². The number of aliphatic imine (C=N–C) groups is 1. The van der Waals surface area contributed by atoms with Gasteiger partial charge in [-0.05, 0) is 42.0 Å². The van der Waals surface area contributed by atoms with E-state index in [2.05, 4.69) is 24.2 Å². The summed E-state index contributed by atoms with van der Waals surface area (Å²) in [6, 6.07) is 4.06. The van der Waals surface area contributed by atoms with Crippen LogP contribution < -0.4 is 26.3 Å². The highest BCUT2D eigenvalue weighted by atomic mass is 16.5. The Morgan fingerprint density at radius 1 is 1.24 bits per heavy atom. The molecule has 0 radical (unpaired) electrons. The van der Waals surface area contributed by atoms with Crippen molar-refractivity contribution in [2.45, 2.75) is 44.8 Å². The SMILES string of the molecule is COc1cc(CC2=CNC(N)(C3CC3)N=C2N)c(C(C)C)cc1OC. The minimum Gasteiger partial charge on any atom is -0.493 e. The number of amidine groups is 1. The summed E-state index contributed by atoms with van der Waals surface area (Å²) in [5.41, 5.74) is 15.8. The Kier molecular flexibility index (Phi) is 4.64. The Balaban J connectivity index is 1.90. The summed E-state index contributed by atoms with van der Waals surface area (Å²) < 4.78 is 10.9. The molecule has 5 N–H and O–H groups in total. The molecule has 25 heavy (non-hydrogen) atoms. The fourth-order valence-corrected chi connectivity index (χ4v) is 3.29. The topological polar surface area (TPSA) is 94.9 Å². The standard InChI is InChI=1S/C19H28N4O2/c1-11(2)15-9-17(25-4)16(24-3)8-12(15)7-13-10-22-19(21,14-5-6-14)23-18(13)20/h8-11,14,22H,5-7,21H2,1-4H3,(H2,20,23). The normalized spacial score (nSPS) is 23.0. The molecule has 2 aliphatic rings. The van der Waals surface area contributed by atoms with Crippen LogP contribution >= 0.6 is 0 Å². The maximum Gasteiger partial charge on any atom is 0.187 e. The van der Waals surface area contributed by atoms with Gasteiger partial charge < -0.3 is 20.5 Å². The van der Waals surface area contributed by atoms with Crippen LogP contribution in [0.3, 0.4) is 0 Å². The lowest BCUT2D eigenvalue weighted by atomic mass is 9.91. The number of nitrogens with one attached hydrogen (secondary N) is 1. The van der Waals surface area contributed by atoms with E-state index in [0.717, 1.165) is 29.7 Å². The Morgan fingerprint density at radius 2 is 1.88 bits per heavy atom. The van der Waals surface area contributed by atoms with Crippen molar-refractivity contribution >= 4 is 5.84 Å². The first-order valence-electron chi connectivity index (χ1n) is 8.74. The zero-order chi connectivity index (χ0) is 18.2. The lowest BCUT2D eigenvalue weighted by molar-refractivity contribution is 0.339. The molecule has 6 nitrogen and oxygen atoms in total. The smallest absolute Gasteiger partial charge is 0.187 e. The summed E-state index contributed by atoms with van der Waals surface area (Å²) in [5, 5.41) is 3.25. The maximum absolute atomic E-state index is 6.31. The molecular formula is C19H28N4O2. The average Bonchev–Trinajstić information content (AvgIpc) is 3.42. The van der Waals surface area contributed by atoms with Gasteiger partial charge in [0.25, 0.3) is 0 Å². The van der Waals surface area contributed by atoms with Crippen LogP contribution in [0.2, 0.25) is 0 Å². The summed E-state index contributed by atoms with van der Waals surface area (Å²) in [7, 11) is 3.30. The highest BCUT2D eigenvalue weighted by molar-refractivity contribution is 5.98. The molecule has 1 heterocycles. The van der Waals surface area contributed by atoms with E-state index in [9.17, 15) is 0 Å². The molecule has 1 atom stereocenters. The van der Waals surface area contributed by atoms with Gasteiger partial charge in [-0.3, -0.25) is 5.73 Å². The number of nitrogens with two attached hydrogens (primary N) is 2. The number of methoxy groups -OCH3 is 2. The van der Waals surface area contributed by atoms with Crippen LogP contribution in [0.1, 0.15) is 43.7 Å². The van der Waals surface area contributed by atoms with E-state index >= 15 is 0 Å². The van der Waals surface area contributed by atoms with Crippen molar-refractivity contribution in [3.63, 3.8) is 0 Å². The number of hydrogen-bond acceptors (Lipinski definition) is 6. The zero-order valence-corrected chi connectivity index (χ0v) is 15.4. The van der Waals surface area contributed by atoms with Gasteiger partial charge in [-0.25, -0.2) is 4.99 Å². The van der Waals surface area contributed by atoms with Crippen molar-refractivity contribution in [2.75, 3.05) is 14.2 Å². The van der Waals surface area contributed by atoms with E-state index in [-0.39, 0.29) is 0 Å². The van der Waals surface area contributed by atoms with E-state index in [1.54, 1.807) is 14.2 Å². The van der Waals surface area contributed by atoms with Gasteiger partial charge in [0, 0.05) is 24.1 Å². The van der Waals surface area contributed by atoms with Crippen molar-refractivity contribution in [1.29, 1.82) is 0 Å². The lowest BCUT2D eigenvalue weighted by Gasteiger charge is -2.31. The summed E-state index contributed by atoms with van der Waals surface area (Å²) >= 11 is 0. The molecule has 0 spiro atoms. The molecule has 0 saturated heterocycles. The predicted octanol–water partition coefficient (Wildman–Crippen LogP) is 2.24. The molecule has 136 valence electrons. The van der Waals surface area contributed by atoms with E-state index < -0.39 is 5.79 Å². The summed E-state index contributed by atoms with van der Waals surface area (Å²) in [6.07, 6.45) is 4.77. The number of rotatable bonds is 6. The van der Waals surface area contributed by atoms with Gasteiger partial charge in [0.05, 0.1) is 14.2 Å². The van der Waals surface area contributed by atoms with Gasteiger partial charge in [0.2, 0.25) is 0 Å². The Morgan fingerprint density at radius 3 is 2.40 bits per heavy atom. The molecule has 1 aliphatic carbocycles. The molecule has 0 aromatic heterocycles. The van der Waals surface area contributed by atoms with Crippen LogP contribution in [-0.2, 0) is 6.42 Å². The second-order valence-corrected chi connectivity index (χ2v) is 7.15. The molecule has 1 aromatic carbocycles. The Bertz CT molecular complexity index is 722. The van der Waals surface area contributed by atoms with Crippen LogP contribution in [0.5, 0.6) is 11.5 Å². The second kappa shape index (κ2) is 6.59. The van der Waals surface area contributed by atoms with Crippen LogP contribution in [0.4, 0.5) is 0 Å². The molecular weight excluding hydrogens is 316 g/mol. The first kappa shape index (κ1) is 17.6. The summed E-state index contributed by atoms with van der Waals surface area (Å²) in [6.45, 7) is 4.32. The first-order valence-corrected chi connectivity index (χ1v) is 8.74. The van der Waals surface area contributed by atoms with E-state index in [1.807, 2.05) is 18.3 Å². The molecule has 1 aromatic rings. The monoisotopic (exact) mass is 344 g/mol. The molecule has 6 heteroatoms. The third-order valence-corrected chi connectivity index (χ3v) is 4.96. The minimum atomic E-state index is -0.744. The van der Waals surface area contributed by atoms with Gasteiger partial charge >= 0.3 is 0 Å². The molecule has 0 bridgehead atoms. The summed E-state index contributed by atoms with van der Waals surface area (Å²) in [5.74, 6) is 1.94. The van der Waals surface area contributed by atoms with E-state index in [4.69, 9.17) is 20.9 Å². The lowest BCUT2D eigenvalue weighted by Crippen LogP contribution is -2.55. The van der Waals surface area contributed by atoms with Crippen LogP contribution in [0, 0.1) is 5.92 Å². The number of hydrogen-bond donors (Lipinski definition) is 3. The fraction of sp³-hybridized carbons (Fsp3) is 0.526. The number of ether oxygens (including phenoxy) is 2. The third-order valence-electron chi connectivity index (χ3n) is 4.96. The van der Waals surface area contributed by atoms with Crippen molar-refractivity contribution in [3.05, 3.63) is 35.0 Å². The average molecular weight is 344 g/mol. The van der Waals surface area contributed by atoms with Crippen LogP contribution in [0.25, 0.3) is 0 Å². The van der Waals surface area contributed by atoms with Crippen molar-refractivity contribution in [2.24, 2.45) is 22.4 Å². The maximum atomic E-state index is 6.31. The second-order valence-electron chi connectivity index (χ2n) is 7.15. The summed E-state index contributed by atoms with van der Waals surface area (Å²) in [4.78, 5) is 4.54. The molecule has 0 amide bonds. The number of nitrogens with zero attached hydrogens (tertiary/aromatic N) is 1. The first-order chi connectivity index (χ1) is 11.9. The van der Waals surface area contributed by atoms with E-state index in [0.29, 0.717) is 29.8 Å².